The van der Waals surface area contributed by atoms with Crippen LogP contribution in [0, 0.1) is 0 Å². The van der Waals surface area contributed by atoms with Gasteiger partial charge in [0.25, 0.3) is 0 Å². The Morgan fingerprint density at radius 3 is 2.82 bits per heavy atom. The molecule has 0 spiro atoms. The molecule has 2 unspecified atom stereocenters. The average molecular weight is 235 g/mol. The van der Waals surface area contributed by atoms with Crippen molar-refractivity contribution in [2.24, 2.45) is 0 Å². The van der Waals surface area contributed by atoms with Crippen molar-refractivity contribution in [1.82, 2.24) is 5.32 Å². The monoisotopic (exact) mass is 235 g/mol. The summed E-state index contributed by atoms with van der Waals surface area (Å²) < 4.78 is 10.2. The molecule has 1 N–H and O–H groups in total. The van der Waals surface area contributed by atoms with Crippen LogP contribution in [0.2, 0.25) is 0 Å². The maximum absolute atomic E-state index is 11.7. The van der Waals surface area contributed by atoms with Gasteiger partial charge in [-0.1, -0.05) is 18.2 Å². The predicted octanol–water partition coefficient (Wildman–Crippen LogP) is 1.31. The Morgan fingerprint density at radius 2 is 2.12 bits per heavy atom. The van der Waals surface area contributed by atoms with Gasteiger partial charge in [0.15, 0.2) is 0 Å². The Morgan fingerprint density at radius 1 is 1.35 bits per heavy atom. The summed E-state index contributed by atoms with van der Waals surface area (Å²) in [6.07, 6.45) is 0.917. The van der Waals surface area contributed by atoms with Crippen LogP contribution in [0.4, 0.5) is 0 Å². The van der Waals surface area contributed by atoms with E-state index in [9.17, 15) is 4.79 Å². The van der Waals surface area contributed by atoms with Crippen LogP contribution in [0.1, 0.15) is 17.9 Å². The second-order valence-corrected chi connectivity index (χ2v) is 4.09. The van der Waals surface area contributed by atoms with Crippen LogP contribution in [-0.4, -0.2) is 32.8 Å². The smallest absolute Gasteiger partial charge is 0.323 e. The Kier molecular flexibility index (Phi) is 3.64. The normalized spacial score (nSPS) is 23.4. The molecule has 4 nitrogen and oxygen atoms in total. The molecule has 0 saturated carbocycles. The highest BCUT2D eigenvalue weighted by molar-refractivity contribution is 5.77. The molecule has 1 aliphatic heterocycles. The van der Waals surface area contributed by atoms with E-state index in [0.717, 1.165) is 24.3 Å². The highest BCUT2D eigenvalue weighted by atomic mass is 16.5. The summed E-state index contributed by atoms with van der Waals surface area (Å²) >= 11 is 0. The lowest BCUT2D eigenvalue weighted by molar-refractivity contribution is -0.143. The minimum Gasteiger partial charge on any atom is -0.496 e. The van der Waals surface area contributed by atoms with Gasteiger partial charge in [-0.05, 0) is 24.6 Å². The third kappa shape index (κ3) is 2.26. The van der Waals surface area contributed by atoms with Gasteiger partial charge in [-0.3, -0.25) is 4.79 Å². The quantitative estimate of drug-likeness (QED) is 0.803. The Hall–Kier alpha value is -1.55. The van der Waals surface area contributed by atoms with Crippen molar-refractivity contribution in [2.45, 2.75) is 18.4 Å². The van der Waals surface area contributed by atoms with E-state index >= 15 is 0 Å². The summed E-state index contributed by atoms with van der Waals surface area (Å²) in [7, 11) is 3.07. The standard InChI is InChI=1S/C13H17NO3/c1-16-11-6-4-3-5-9(11)10-7-8-14-12(10)13(15)17-2/h3-6,10,12,14H,7-8H2,1-2H3. The van der Waals surface area contributed by atoms with Gasteiger partial charge < -0.3 is 14.8 Å². The first-order chi connectivity index (χ1) is 8.27. The van der Waals surface area contributed by atoms with Gasteiger partial charge in [0.05, 0.1) is 14.2 Å². The van der Waals surface area contributed by atoms with Gasteiger partial charge >= 0.3 is 5.97 Å². The maximum atomic E-state index is 11.7. The topological polar surface area (TPSA) is 47.6 Å². The highest BCUT2D eigenvalue weighted by Crippen LogP contribution is 2.34. The van der Waals surface area contributed by atoms with Crippen molar-refractivity contribution in [2.75, 3.05) is 20.8 Å². The van der Waals surface area contributed by atoms with Gasteiger partial charge in [-0.25, -0.2) is 0 Å². The van der Waals surface area contributed by atoms with Crippen LogP contribution in [0.15, 0.2) is 24.3 Å². The number of ether oxygens (including phenoxy) is 2. The average Bonchev–Trinajstić information content (AvgIpc) is 2.86. The molecule has 1 aliphatic rings. The molecule has 0 bridgehead atoms. The van der Waals surface area contributed by atoms with Crippen molar-refractivity contribution in [3.8, 4) is 5.75 Å². The van der Waals surface area contributed by atoms with Crippen molar-refractivity contribution in [3.05, 3.63) is 29.8 Å². The third-order valence-electron chi connectivity index (χ3n) is 3.22. The number of hydrogen-bond donors (Lipinski definition) is 1. The van der Waals surface area contributed by atoms with E-state index in [0.29, 0.717) is 0 Å². The summed E-state index contributed by atoms with van der Waals surface area (Å²) in [5.41, 5.74) is 1.07. The molecule has 0 aliphatic carbocycles. The highest BCUT2D eigenvalue weighted by Gasteiger charge is 2.35. The second kappa shape index (κ2) is 5.19. The van der Waals surface area contributed by atoms with Crippen molar-refractivity contribution in [1.29, 1.82) is 0 Å². The molecule has 1 aromatic rings. The summed E-state index contributed by atoms with van der Waals surface area (Å²) in [6, 6.07) is 7.55. The lowest BCUT2D eigenvalue weighted by atomic mass is 9.91. The van der Waals surface area contributed by atoms with Crippen LogP contribution in [0.3, 0.4) is 0 Å². The second-order valence-electron chi connectivity index (χ2n) is 4.09. The third-order valence-corrected chi connectivity index (χ3v) is 3.22. The Balaban J connectivity index is 2.29. The first kappa shape index (κ1) is 11.9. The fraction of sp³-hybridized carbons (Fsp3) is 0.462. The lowest BCUT2D eigenvalue weighted by Crippen LogP contribution is -2.35. The first-order valence-corrected chi connectivity index (χ1v) is 5.72. The fourth-order valence-corrected chi connectivity index (χ4v) is 2.39. The molecule has 2 rings (SSSR count). The van der Waals surface area contributed by atoms with Crippen molar-refractivity contribution < 1.29 is 14.3 Å². The predicted molar refractivity (Wildman–Crippen MR) is 64.2 cm³/mol. The van der Waals surface area contributed by atoms with E-state index in [2.05, 4.69) is 5.32 Å². The Labute approximate surface area is 101 Å². The number of rotatable bonds is 3. The molecule has 0 radical (unpaired) electrons. The van der Waals surface area contributed by atoms with Crippen LogP contribution in [0.5, 0.6) is 5.75 Å². The molecular weight excluding hydrogens is 218 g/mol. The number of esters is 1. The number of carbonyl (C=O) groups excluding carboxylic acids is 1. The molecule has 1 saturated heterocycles. The van der Waals surface area contributed by atoms with E-state index in [1.807, 2.05) is 24.3 Å². The zero-order chi connectivity index (χ0) is 12.3. The first-order valence-electron chi connectivity index (χ1n) is 5.72. The van der Waals surface area contributed by atoms with Crippen molar-refractivity contribution >= 4 is 5.97 Å². The summed E-state index contributed by atoms with van der Waals surface area (Å²) in [4.78, 5) is 11.7. The number of carbonyl (C=O) groups is 1. The van der Waals surface area contributed by atoms with E-state index in [4.69, 9.17) is 9.47 Å². The maximum Gasteiger partial charge on any atom is 0.323 e. The van der Waals surface area contributed by atoms with Gasteiger partial charge in [0.2, 0.25) is 0 Å². The SMILES string of the molecule is COC(=O)C1NCCC1c1ccccc1OC. The molecule has 92 valence electrons. The summed E-state index contributed by atoms with van der Waals surface area (Å²) in [6.45, 7) is 0.822. The molecule has 4 heteroatoms. The van der Waals surface area contributed by atoms with Crippen LogP contribution < -0.4 is 10.1 Å². The minimum atomic E-state index is -0.267. The van der Waals surface area contributed by atoms with Gasteiger partial charge in [-0.15, -0.1) is 0 Å². The van der Waals surface area contributed by atoms with Crippen LogP contribution in [0.25, 0.3) is 0 Å². The summed E-state index contributed by atoms with van der Waals surface area (Å²) in [5, 5.41) is 3.18. The number of nitrogens with one attached hydrogen (secondary N) is 1. The van der Waals surface area contributed by atoms with E-state index in [1.165, 1.54) is 7.11 Å². The Bertz CT molecular complexity index is 405. The van der Waals surface area contributed by atoms with E-state index < -0.39 is 0 Å². The molecule has 17 heavy (non-hydrogen) atoms. The molecule has 2 atom stereocenters. The van der Waals surface area contributed by atoms with Crippen molar-refractivity contribution in [3.63, 3.8) is 0 Å². The summed E-state index contributed by atoms with van der Waals surface area (Å²) in [5.74, 6) is 0.743. The number of methoxy groups -OCH3 is 2. The van der Waals surface area contributed by atoms with E-state index in [-0.39, 0.29) is 17.9 Å². The minimum absolute atomic E-state index is 0.124. The van der Waals surface area contributed by atoms with Crippen LogP contribution in [-0.2, 0) is 9.53 Å². The molecular formula is C13H17NO3. The lowest BCUT2D eigenvalue weighted by Gasteiger charge is -2.19. The fourth-order valence-electron chi connectivity index (χ4n) is 2.39. The number of hydrogen-bond acceptors (Lipinski definition) is 4. The van der Waals surface area contributed by atoms with Gasteiger partial charge in [-0.2, -0.15) is 0 Å². The zero-order valence-electron chi connectivity index (χ0n) is 10.1. The van der Waals surface area contributed by atoms with E-state index in [1.54, 1.807) is 7.11 Å². The van der Waals surface area contributed by atoms with Gasteiger partial charge in [0, 0.05) is 5.92 Å². The molecule has 0 amide bonds. The number of benzene rings is 1. The number of para-hydroxylation sites is 1. The molecule has 1 fully saturated rings. The zero-order valence-corrected chi connectivity index (χ0v) is 10.1. The largest absolute Gasteiger partial charge is 0.496 e. The van der Waals surface area contributed by atoms with Gasteiger partial charge in [0.1, 0.15) is 11.8 Å². The van der Waals surface area contributed by atoms with Crippen LogP contribution >= 0.6 is 0 Å². The molecule has 0 aromatic heterocycles. The molecule has 1 heterocycles. The molecule has 1 aromatic carbocycles.